The smallest absolute Gasteiger partial charge is 0.192 e. The molecule has 8 nitrogen and oxygen atoms in total. The summed E-state index contributed by atoms with van der Waals surface area (Å²) in [4.78, 5) is 17.2. The molecule has 0 unspecified atom stereocenters. The highest BCUT2D eigenvalue weighted by atomic mass is 32.1. The molecule has 3 aromatic heterocycles. The molecular formula is C23H26N6O2S. The van der Waals surface area contributed by atoms with Crippen LogP contribution in [-0.4, -0.2) is 38.4 Å². The SMILES string of the molecule is COc1ccc(C=NOCc2nc3c4c5c(sc4ncn3n2)C(C)(C)NC(C)(C)C5)cc1. The van der Waals surface area contributed by atoms with Gasteiger partial charge < -0.3 is 14.9 Å². The first-order valence-corrected chi connectivity index (χ1v) is 11.3. The number of thiophene rings is 1. The Bertz CT molecular complexity index is 1320. The van der Waals surface area contributed by atoms with Crippen molar-refractivity contribution in [3.63, 3.8) is 0 Å². The number of nitrogens with one attached hydrogen (secondary N) is 1. The summed E-state index contributed by atoms with van der Waals surface area (Å²) < 4.78 is 6.90. The molecule has 166 valence electrons. The average Bonchev–Trinajstić information content (AvgIpc) is 3.31. The molecule has 1 aliphatic rings. The van der Waals surface area contributed by atoms with Crippen LogP contribution in [0.15, 0.2) is 35.7 Å². The summed E-state index contributed by atoms with van der Waals surface area (Å²) in [7, 11) is 1.64. The van der Waals surface area contributed by atoms with Gasteiger partial charge in [0.25, 0.3) is 0 Å². The van der Waals surface area contributed by atoms with E-state index < -0.39 is 0 Å². The van der Waals surface area contributed by atoms with E-state index in [-0.39, 0.29) is 17.7 Å². The summed E-state index contributed by atoms with van der Waals surface area (Å²) in [6, 6.07) is 7.58. The van der Waals surface area contributed by atoms with Crippen LogP contribution in [0.2, 0.25) is 0 Å². The van der Waals surface area contributed by atoms with Crippen molar-refractivity contribution in [2.45, 2.75) is 51.8 Å². The molecule has 0 saturated heterocycles. The predicted octanol–water partition coefficient (Wildman–Crippen LogP) is 4.06. The van der Waals surface area contributed by atoms with Crippen LogP contribution in [0.25, 0.3) is 15.9 Å². The minimum Gasteiger partial charge on any atom is -0.497 e. The van der Waals surface area contributed by atoms with E-state index in [1.807, 2.05) is 24.3 Å². The van der Waals surface area contributed by atoms with Crippen LogP contribution < -0.4 is 10.1 Å². The maximum Gasteiger partial charge on any atom is 0.192 e. The third-order valence-corrected chi connectivity index (χ3v) is 7.06. The van der Waals surface area contributed by atoms with Gasteiger partial charge in [0.1, 0.15) is 16.9 Å². The zero-order valence-electron chi connectivity index (χ0n) is 18.8. The summed E-state index contributed by atoms with van der Waals surface area (Å²) >= 11 is 1.73. The maximum absolute atomic E-state index is 5.45. The normalized spacial score (nSPS) is 17.2. The van der Waals surface area contributed by atoms with Crippen molar-refractivity contribution >= 4 is 33.4 Å². The van der Waals surface area contributed by atoms with Gasteiger partial charge in [-0.05, 0) is 69.5 Å². The summed E-state index contributed by atoms with van der Waals surface area (Å²) in [6.45, 7) is 9.10. The molecule has 0 aliphatic carbocycles. The van der Waals surface area contributed by atoms with Gasteiger partial charge in [0.2, 0.25) is 0 Å². The molecule has 4 aromatic rings. The molecule has 0 spiro atoms. The summed E-state index contributed by atoms with van der Waals surface area (Å²) in [5.74, 6) is 1.37. The van der Waals surface area contributed by atoms with Crippen LogP contribution in [0.5, 0.6) is 5.75 Å². The van der Waals surface area contributed by atoms with Crippen LogP contribution in [0.3, 0.4) is 0 Å². The lowest BCUT2D eigenvalue weighted by Crippen LogP contribution is -2.54. The quantitative estimate of drug-likeness (QED) is 0.365. The number of benzene rings is 1. The van der Waals surface area contributed by atoms with Gasteiger partial charge >= 0.3 is 0 Å². The lowest BCUT2D eigenvalue weighted by Gasteiger charge is -2.42. The average molecular weight is 451 g/mol. The molecule has 0 fully saturated rings. The van der Waals surface area contributed by atoms with E-state index in [1.54, 1.807) is 35.5 Å². The Kier molecular flexibility index (Phi) is 4.90. The first-order chi connectivity index (χ1) is 15.3. The van der Waals surface area contributed by atoms with Crippen LogP contribution in [-0.2, 0) is 23.4 Å². The van der Waals surface area contributed by atoms with Gasteiger partial charge in [-0.25, -0.2) is 14.5 Å². The van der Waals surface area contributed by atoms with Crippen molar-refractivity contribution in [2.75, 3.05) is 7.11 Å². The topological polar surface area (TPSA) is 85.9 Å². The van der Waals surface area contributed by atoms with Crippen molar-refractivity contribution in [3.8, 4) is 5.75 Å². The molecule has 0 radical (unpaired) electrons. The fourth-order valence-electron chi connectivity index (χ4n) is 4.51. The van der Waals surface area contributed by atoms with Gasteiger partial charge in [-0.2, -0.15) is 0 Å². The number of methoxy groups -OCH3 is 1. The van der Waals surface area contributed by atoms with Crippen LogP contribution in [0.1, 0.15) is 49.5 Å². The van der Waals surface area contributed by atoms with E-state index in [2.05, 4.69) is 48.3 Å². The second kappa shape index (κ2) is 7.53. The zero-order chi connectivity index (χ0) is 22.5. The third-order valence-electron chi connectivity index (χ3n) is 5.59. The minimum atomic E-state index is -0.123. The van der Waals surface area contributed by atoms with Gasteiger partial charge in [0, 0.05) is 16.0 Å². The monoisotopic (exact) mass is 450 g/mol. The zero-order valence-corrected chi connectivity index (χ0v) is 19.7. The lowest BCUT2D eigenvalue weighted by molar-refractivity contribution is 0.126. The first-order valence-electron chi connectivity index (χ1n) is 10.5. The Morgan fingerprint density at radius 2 is 2.00 bits per heavy atom. The number of rotatable bonds is 5. The van der Waals surface area contributed by atoms with Crippen LogP contribution >= 0.6 is 11.3 Å². The third kappa shape index (κ3) is 3.71. The van der Waals surface area contributed by atoms with Crippen LogP contribution in [0, 0.1) is 0 Å². The molecule has 0 saturated carbocycles. The van der Waals surface area contributed by atoms with Crippen molar-refractivity contribution in [3.05, 3.63) is 52.4 Å². The molecule has 1 N–H and O–H groups in total. The first kappa shape index (κ1) is 20.8. The molecule has 32 heavy (non-hydrogen) atoms. The standard InChI is InChI=1S/C23H26N6O2S/c1-22(2)10-16-18-20-26-17(12-31-25-11-14-6-8-15(30-5)9-7-14)27-29(20)13-24-21(18)32-19(16)23(3,4)28-22/h6-9,11,13,28H,10,12H2,1-5H3. The van der Waals surface area contributed by atoms with Crippen molar-refractivity contribution in [1.29, 1.82) is 0 Å². The molecule has 4 heterocycles. The Hall–Kier alpha value is -3.04. The van der Waals surface area contributed by atoms with E-state index in [0.29, 0.717) is 5.82 Å². The van der Waals surface area contributed by atoms with Gasteiger partial charge in [-0.1, -0.05) is 5.16 Å². The highest BCUT2D eigenvalue weighted by molar-refractivity contribution is 7.19. The second-order valence-corrected chi connectivity index (χ2v) is 10.2. The highest BCUT2D eigenvalue weighted by Crippen LogP contribution is 2.44. The van der Waals surface area contributed by atoms with E-state index >= 15 is 0 Å². The Balaban J connectivity index is 1.42. The molecule has 1 aromatic carbocycles. The van der Waals surface area contributed by atoms with Gasteiger partial charge in [0.05, 0.1) is 18.7 Å². The number of oxime groups is 1. The number of hydrogen-bond donors (Lipinski definition) is 1. The Morgan fingerprint density at radius 1 is 1.22 bits per heavy atom. The Labute approximate surface area is 190 Å². The lowest BCUT2D eigenvalue weighted by atomic mass is 9.82. The predicted molar refractivity (Wildman–Crippen MR) is 125 cm³/mol. The Morgan fingerprint density at radius 3 is 2.75 bits per heavy atom. The molecule has 0 atom stereocenters. The number of nitrogens with zero attached hydrogens (tertiary/aromatic N) is 5. The van der Waals surface area contributed by atoms with Gasteiger partial charge in [-0.15, -0.1) is 16.4 Å². The second-order valence-electron chi connectivity index (χ2n) is 9.22. The van der Waals surface area contributed by atoms with Gasteiger partial charge in [0.15, 0.2) is 18.1 Å². The maximum atomic E-state index is 5.45. The number of aromatic nitrogens is 4. The van der Waals surface area contributed by atoms with E-state index in [9.17, 15) is 0 Å². The molecule has 1 aliphatic heterocycles. The van der Waals surface area contributed by atoms with E-state index in [0.717, 1.165) is 33.6 Å². The van der Waals surface area contributed by atoms with Crippen LogP contribution in [0.4, 0.5) is 0 Å². The molecule has 0 amide bonds. The summed E-state index contributed by atoms with van der Waals surface area (Å²) in [5, 5.41) is 13.4. The number of ether oxygens (including phenoxy) is 1. The van der Waals surface area contributed by atoms with Gasteiger partial charge in [-0.3, -0.25) is 0 Å². The minimum absolute atomic E-state index is 0.0144. The largest absolute Gasteiger partial charge is 0.497 e. The van der Waals surface area contributed by atoms with Crippen molar-refractivity contribution in [1.82, 2.24) is 24.9 Å². The fourth-order valence-corrected chi connectivity index (χ4v) is 5.72. The molecule has 0 bridgehead atoms. The number of fused-ring (bicyclic) bond motifs is 5. The molecular weight excluding hydrogens is 424 g/mol. The molecule has 5 rings (SSSR count). The van der Waals surface area contributed by atoms with Crippen molar-refractivity contribution in [2.24, 2.45) is 5.16 Å². The van der Waals surface area contributed by atoms with E-state index in [4.69, 9.17) is 14.6 Å². The summed E-state index contributed by atoms with van der Waals surface area (Å²) in [6.07, 6.45) is 4.29. The molecule has 9 heteroatoms. The van der Waals surface area contributed by atoms with E-state index in [1.165, 1.54) is 10.4 Å². The number of hydrogen-bond acceptors (Lipinski definition) is 8. The highest BCUT2D eigenvalue weighted by Gasteiger charge is 2.39. The fraction of sp³-hybridized carbons (Fsp3) is 0.391. The van der Waals surface area contributed by atoms with Crippen molar-refractivity contribution < 1.29 is 9.57 Å². The summed E-state index contributed by atoms with van der Waals surface area (Å²) in [5.41, 5.74) is 2.91.